The molecule has 2 rings (SSSR count). The Balaban J connectivity index is 2.16. The third-order valence-corrected chi connectivity index (χ3v) is 5.28. The summed E-state index contributed by atoms with van der Waals surface area (Å²) in [5.74, 6) is -0.736. The van der Waals surface area contributed by atoms with Gasteiger partial charge in [-0.1, -0.05) is 12.1 Å². The van der Waals surface area contributed by atoms with Gasteiger partial charge in [0, 0.05) is 0 Å². The highest BCUT2D eigenvalue weighted by Gasteiger charge is 2.36. The van der Waals surface area contributed by atoms with E-state index in [1.54, 1.807) is 6.92 Å². The van der Waals surface area contributed by atoms with E-state index in [9.17, 15) is 18.3 Å². The molecule has 104 valence electrons. The quantitative estimate of drug-likeness (QED) is 0.822. The molecule has 5 nitrogen and oxygen atoms in total. The number of rotatable bonds is 5. The van der Waals surface area contributed by atoms with Crippen molar-refractivity contribution in [3.8, 4) is 0 Å². The molecule has 0 bridgehead atoms. The van der Waals surface area contributed by atoms with Gasteiger partial charge in [0.1, 0.15) is 0 Å². The highest BCUT2D eigenvalue weighted by Crippen LogP contribution is 2.33. The summed E-state index contributed by atoms with van der Waals surface area (Å²) in [4.78, 5) is 11.6. The summed E-state index contributed by atoms with van der Waals surface area (Å²) < 4.78 is 28.6. The van der Waals surface area contributed by atoms with Crippen LogP contribution in [-0.4, -0.2) is 31.4 Å². The monoisotopic (exact) mass is 284 g/mol. The van der Waals surface area contributed by atoms with Crippen LogP contribution < -0.4 is 0 Å². The molecule has 0 radical (unpaired) electrons. The maximum Gasteiger partial charge on any atom is 0.339 e. The zero-order chi connectivity index (χ0) is 14.0. The lowest BCUT2D eigenvalue weighted by Gasteiger charge is -2.10. The van der Waals surface area contributed by atoms with Crippen LogP contribution in [0, 0.1) is 0 Å². The number of hydrogen-bond acceptors (Lipinski definition) is 5. The van der Waals surface area contributed by atoms with Crippen LogP contribution in [0.15, 0.2) is 29.2 Å². The second-order valence-electron chi connectivity index (χ2n) is 4.47. The van der Waals surface area contributed by atoms with Crippen LogP contribution in [0.5, 0.6) is 0 Å². The van der Waals surface area contributed by atoms with Crippen molar-refractivity contribution in [2.24, 2.45) is 0 Å². The normalized spacial score (nSPS) is 16.9. The van der Waals surface area contributed by atoms with E-state index in [4.69, 9.17) is 4.74 Å². The average molecular weight is 284 g/mol. The van der Waals surface area contributed by atoms with Gasteiger partial charge in [0.15, 0.2) is 15.9 Å². The zero-order valence-electron chi connectivity index (χ0n) is 10.6. The van der Waals surface area contributed by atoms with Crippen LogP contribution in [0.4, 0.5) is 0 Å². The predicted octanol–water partition coefficient (Wildman–Crippen LogP) is 1.22. The van der Waals surface area contributed by atoms with Crippen molar-refractivity contribution in [1.29, 1.82) is 0 Å². The van der Waals surface area contributed by atoms with Crippen LogP contribution in [0.1, 0.15) is 31.4 Å². The molecule has 19 heavy (non-hydrogen) atoms. The molecule has 6 heteroatoms. The maximum absolute atomic E-state index is 12.0. The molecule has 0 heterocycles. The number of aliphatic hydroxyl groups excluding tert-OH is 1. The van der Waals surface area contributed by atoms with Gasteiger partial charge in [0.2, 0.25) is 0 Å². The van der Waals surface area contributed by atoms with Crippen molar-refractivity contribution >= 4 is 15.8 Å². The summed E-state index contributed by atoms with van der Waals surface area (Å²) in [6, 6.07) is 5.73. The van der Waals surface area contributed by atoms with E-state index in [1.165, 1.54) is 24.3 Å². The first kappa shape index (κ1) is 14.0. The Morgan fingerprint density at radius 2 is 1.95 bits per heavy atom. The molecule has 0 aliphatic heterocycles. The first-order valence-electron chi connectivity index (χ1n) is 6.15. The summed E-state index contributed by atoms with van der Waals surface area (Å²) >= 11 is 0. The van der Waals surface area contributed by atoms with E-state index in [-0.39, 0.29) is 16.8 Å². The second kappa shape index (κ2) is 5.30. The van der Waals surface area contributed by atoms with Gasteiger partial charge in [-0.25, -0.2) is 13.2 Å². The van der Waals surface area contributed by atoms with Gasteiger partial charge in [-0.15, -0.1) is 0 Å². The largest absolute Gasteiger partial charge is 0.464 e. The predicted molar refractivity (Wildman–Crippen MR) is 68.2 cm³/mol. The minimum atomic E-state index is -3.24. The number of sulfone groups is 1. The second-order valence-corrected chi connectivity index (χ2v) is 6.70. The number of carbonyl (C=O) groups excluding carboxylic acids is 1. The fourth-order valence-corrected chi connectivity index (χ4v) is 3.42. The first-order valence-corrected chi connectivity index (χ1v) is 7.70. The van der Waals surface area contributed by atoms with Gasteiger partial charge in [-0.3, -0.25) is 0 Å². The molecule has 0 amide bonds. The summed E-state index contributed by atoms with van der Waals surface area (Å²) in [5, 5.41) is 9.44. The molecule has 1 aromatic rings. The van der Waals surface area contributed by atoms with Crippen molar-refractivity contribution in [3.63, 3.8) is 0 Å². The zero-order valence-corrected chi connectivity index (χ0v) is 11.4. The third-order valence-electron chi connectivity index (χ3n) is 3.00. The van der Waals surface area contributed by atoms with E-state index < -0.39 is 21.9 Å². The van der Waals surface area contributed by atoms with Crippen molar-refractivity contribution in [2.75, 3.05) is 6.61 Å². The molecule has 1 fully saturated rings. The van der Waals surface area contributed by atoms with Gasteiger partial charge in [-0.05, 0) is 37.5 Å². The van der Waals surface area contributed by atoms with Gasteiger partial charge >= 0.3 is 5.97 Å². The number of esters is 1. The molecule has 1 atom stereocenters. The van der Waals surface area contributed by atoms with E-state index in [2.05, 4.69) is 0 Å². The lowest BCUT2D eigenvalue weighted by molar-refractivity contribution is -0.153. The molecule has 0 saturated heterocycles. The lowest BCUT2D eigenvalue weighted by atomic mass is 10.1. The van der Waals surface area contributed by atoms with E-state index in [0.29, 0.717) is 18.4 Å². The third kappa shape index (κ3) is 2.96. The van der Waals surface area contributed by atoms with Gasteiger partial charge < -0.3 is 9.84 Å². The van der Waals surface area contributed by atoms with Gasteiger partial charge in [0.25, 0.3) is 0 Å². The SMILES string of the molecule is CCOC(=O)C(O)c1ccc(S(=O)(=O)C2CC2)cc1. The minimum Gasteiger partial charge on any atom is -0.464 e. The molecule has 1 aromatic carbocycles. The molecule has 1 saturated carbocycles. The van der Waals surface area contributed by atoms with Crippen molar-refractivity contribution in [3.05, 3.63) is 29.8 Å². The summed E-state index contributed by atoms with van der Waals surface area (Å²) in [6.45, 7) is 1.83. The van der Waals surface area contributed by atoms with Crippen LogP contribution in [0.25, 0.3) is 0 Å². The molecule has 1 unspecified atom stereocenters. The van der Waals surface area contributed by atoms with E-state index in [1.807, 2.05) is 0 Å². The summed E-state index contributed by atoms with van der Waals surface area (Å²) in [6.07, 6.45) is 0.0306. The lowest BCUT2D eigenvalue weighted by Crippen LogP contribution is -2.15. The Morgan fingerprint density at radius 3 is 2.42 bits per heavy atom. The molecule has 1 aliphatic carbocycles. The Hall–Kier alpha value is -1.40. The number of ether oxygens (including phenoxy) is 1. The van der Waals surface area contributed by atoms with Gasteiger partial charge in [-0.2, -0.15) is 0 Å². The number of aliphatic hydroxyl groups is 1. The maximum atomic E-state index is 12.0. The molecular formula is C13H16O5S. The molecule has 0 spiro atoms. The number of hydrogen-bond donors (Lipinski definition) is 1. The average Bonchev–Trinajstić information content (AvgIpc) is 3.23. The minimum absolute atomic E-state index is 0.185. The van der Waals surface area contributed by atoms with Crippen molar-refractivity contribution in [2.45, 2.75) is 36.0 Å². The Morgan fingerprint density at radius 1 is 1.37 bits per heavy atom. The van der Waals surface area contributed by atoms with Crippen LogP contribution >= 0.6 is 0 Å². The molecule has 0 aromatic heterocycles. The Bertz CT molecular complexity index is 557. The van der Waals surface area contributed by atoms with Gasteiger partial charge in [0.05, 0.1) is 16.8 Å². The number of carbonyl (C=O) groups is 1. The van der Waals surface area contributed by atoms with Crippen LogP contribution in [0.2, 0.25) is 0 Å². The Labute approximate surface area is 112 Å². The summed E-state index contributed by atoms with van der Waals surface area (Å²) in [7, 11) is -3.24. The fraction of sp³-hybridized carbons (Fsp3) is 0.462. The van der Waals surface area contributed by atoms with Crippen molar-refractivity contribution in [1.82, 2.24) is 0 Å². The van der Waals surface area contributed by atoms with Crippen LogP contribution in [-0.2, 0) is 19.4 Å². The Kier molecular flexibility index (Phi) is 3.91. The fourth-order valence-electron chi connectivity index (χ4n) is 1.77. The van der Waals surface area contributed by atoms with Crippen molar-refractivity contribution < 1.29 is 23.1 Å². The molecule has 1 aliphatic rings. The van der Waals surface area contributed by atoms with E-state index >= 15 is 0 Å². The number of benzene rings is 1. The smallest absolute Gasteiger partial charge is 0.339 e. The van der Waals surface area contributed by atoms with Crippen LogP contribution in [0.3, 0.4) is 0 Å². The highest BCUT2D eigenvalue weighted by molar-refractivity contribution is 7.92. The first-order chi connectivity index (χ1) is 8.96. The summed E-state index contributed by atoms with van der Waals surface area (Å²) in [5.41, 5.74) is 0.327. The topological polar surface area (TPSA) is 80.7 Å². The van der Waals surface area contributed by atoms with E-state index in [0.717, 1.165) is 0 Å². The highest BCUT2D eigenvalue weighted by atomic mass is 32.2. The standard InChI is InChI=1S/C13H16O5S/c1-2-18-13(15)12(14)9-3-5-10(6-4-9)19(16,17)11-7-8-11/h3-6,11-12,14H,2,7-8H2,1H3. The molecular weight excluding hydrogens is 268 g/mol. The molecule has 1 N–H and O–H groups in total.